The van der Waals surface area contributed by atoms with Gasteiger partial charge in [0.25, 0.3) is 0 Å². The van der Waals surface area contributed by atoms with E-state index in [1.54, 1.807) is 47.8 Å². The van der Waals surface area contributed by atoms with E-state index in [0.29, 0.717) is 15.6 Å². The molecule has 2 aromatic rings. The Bertz CT molecular complexity index is 706. The van der Waals surface area contributed by atoms with Gasteiger partial charge in [0.15, 0.2) is 0 Å². The molecule has 0 radical (unpaired) electrons. The van der Waals surface area contributed by atoms with Crippen molar-refractivity contribution in [3.8, 4) is 0 Å². The Kier molecular flexibility index (Phi) is 7.61. The molecule has 0 amide bonds. The van der Waals surface area contributed by atoms with Crippen LogP contribution in [0.1, 0.15) is 10.4 Å². The van der Waals surface area contributed by atoms with Crippen LogP contribution in [-0.2, 0) is 0 Å². The molecule has 0 unspecified atom stereocenters. The van der Waals surface area contributed by atoms with Crippen LogP contribution < -0.4 is 4.46 Å². The van der Waals surface area contributed by atoms with Crippen molar-refractivity contribution in [3.05, 3.63) is 72.8 Å². The van der Waals surface area contributed by atoms with E-state index in [1.165, 1.54) is 0 Å². The third kappa shape index (κ3) is 5.32. The molecule has 0 aliphatic heterocycles. The Hall–Kier alpha value is -0.351. The van der Waals surface area contributed by atoms with Crippen molar-refractivity contribution in [3.63, 3.8) is 0 Å². The van der Waals surface area contributed by atoms with Crippen molar-refractivity contribution in [2.45, 2.75) is 0 Å². The van der Waals surface area contributed by atoms with Gasteiger partial charge in [-0.3, -0.25) is 0 Å². The van der Waals surface area contributed by atoms with Gasteiger partial charge in [-0.05, 0) is 0 Å². The second-order valence-electron chi connectivity index (χ2n) is 4.42. The van der Waals surface area contributed by atoms with Gasteiger partial charge in [0.1, 0.15) is 0 Å². The molecule has 0 heterocycles. The molecule has 0 spiro atoms. The fourth-order valence-electron chi connectivity index (χ4n) is 1.80. The standard InChI is InChI=1S/C17H14Cl2OS2Se/c1-21-17(22-2)16(23-14-9-7-13(19)8-10-14)15(20)11-3-5-12(18)6-4-11/h3-10H,1-2H3. The van der Waals surface area contributed by atoms with Crippen molar-refractivity contribution in [2.24, 2.45) is 0 Å². The summed E-state index contributed by atoms with van der Waals surface area (Å²) in [5.74, 6) is 0.0651. The van der Waals surface area contributed by atoms with Crippen LogP contribution in [0.2, 0.25) is 10.0 Å². The first kappa shape index (κ1) is 19.0. The SMILES string of the molecule is CSC(SC)=C([Se]c1ccc(Cl)cc1)C(=O)c1ccc(Cl)cc1. The van der Waals surface area contributed by atoms with Crippen LogP contribution in [-0.4, -0.2) is 33.3 Å². The van der Waals surface area contributed by atoms with Gasteiger partial charge >= 0.3 is 162 Å². The summed E-state index contributed by atoms with van der Waals surface area (Å²) in [6.07, 6.45) is 4.00. The predicted molar refractivity (Wildman–Crippen MR) is 107 cm³/mol. The molecule has 0 saturated carbocycles. The van der Waals surface area contributed by atoms with E-state index >= 15 is 0 Å². The number of allylic oxidation sites excluding steroid dienone is 1. The molecule has 0 fully saturated rings. The van der Waals surface area contributed by atoms with E-state index in [4.69, 9.17) is 23.2 Å². The van der Waals surface area contributed by atoms with Crippen molar-refractivity contribution in [1.29, 1.82) is 0 Å². The number of benzene rings is 2. The monoisotopic (exact) mass is 448 g/mol. The van der Waals surface area contributed by atoms with Gasteiger partial charge in [-0.2, -0.15) is 0 Å². The number of halogens is 2. The number of carbonyl (C=O) groups excluding carboxylic acids is 1. The van der Waals surface area contributed by atoms with E-state index in [1.807, 2.05) is 36.8 Å². The topological polar surface area (TPSA) is 17.1 Å². The molecule has 0 aromatic heterocycles. The second-order valence-corrected chi connectivity index (χ2v) is 9.45. The summed E-state index contributed by atoms with van der Waals surface area (Å²) in [4.78, 5) is 12.9. The van der Waals surface area contributed by atoms with Gasteiger partial charge in [-0.15, -0.1) is 0 Å². The van der Waals surface area contributed by atoms with E-state index in [-0.39, 0.29) is 20.7 Å². The number of hydrogen-bond donors (Lipinski definition) is 0. The molecule has 0 aliphatic carbocycles. The van der Waals surface area contributed by atoms with E-state index in [2.05, 4.69) is 0 Å². The average molecular weight is 448 g/mol. The fourth-order valence-corrected chi connectivity index (χ4v) is 6.44. The summed E-state index contributed by atoms with van der Waals surface area (Å²) in [6.45, 7) is 0. The molecule has 0 saturated heterocycles. The summed E-state index contributed by atoms with van der Waals surface area (Å²) in [5, 5.41) is 1.33. The van der Waals surface area contributed by atoms with Crippen LogP contribution >= 0.6 is 46.7 Å². The minimum atomic E-state index is -0.0807. The molecular formula is C17H14Cl2OS2Se. The molecule has 6 heteroatoms. The molecule has 0 N–H and O–H groups in total. The number of thioether (sulfide) groups is 2. The van der Waals surface area contributed by atoms with Crippen LogP contribution in [0.3, 0.4) is 0 Å². The molecule has 0 bridgehead atoms. The first-order chi connectivity index (χ1) is 11.0. The van der Waals surface area contributed by atoms with Gasteiger partial charge in [0.05, 0.1) is 0 Å². The van der Waals surface area contributed by atoms with Crippen molar-refractivity contribution in [1.82, 2.24) is 0 Å². The van der Waals surface area contributed by atoms with Gasteiger partial charge in [-0.1, -0.05) is 0 Å². The quantitative estimate of drug-likeness (QED) is 0.348. The summed E-state index contributed by atoms with van der Waals surface area (Å²) in [6, 6.07) is 14.7. The maximum atomic E-state index is 12.9. The first-order valence-corrected chi connectivity index (χ1v) is 11.5. The van der Waals surface area contributed by atoms with Crippen LogP contribution in [0.25, 0.3) is 0 Å². The maximum absolute atomic E-state index is 12.9. The average Bonchev–Trinajstić information content (AvgIpc) is 2.57. The third-order valence-electron chi connectivity index (χ3n) is 2.90. The number of rotatable bonds is 6. The molecular weight excluding hydrogens is 434 g/mol. The molecule has 0 atom stereocenters. The molecule has 2 rings (SSSR count). The zero-order chi connectivity index (χ0) is 16.8. The zero-order valence-electron chi connectivity index (χ0n) is 12.5. The fraction of sp³-hybridized carbons (Fsp3) is 0.118. The normalized spacial score (nSPS) is 10.4. The minimum absolute atomic E-state index is 0.0651. The van der Waals surface area contributed by atoms with Gasteiger partial charge in [0.2, 0.25) is 0 Å². The Morgan fingerprint density at radius 2 is 1.35 bits per heavy atom. The zero-order valence-corrected chi connectivity index (χ0v) is 17.4. The van der Waals surface area contributed by atoms with Gasteiger partial charge in [0, 0.05) is 0 Å². The van der Waals surface area contributed by atoms with Crippen molar-refractivity contribution < 1.29 is 4.79 Å². The predicted octanol–water partition coefficient (Wildman–Crippen LogP) is 5.10. The molecule has 0 aliphatic rings. The molecule has 2 aromatic carbocycles. The molecule has 23 heavy (non-hydrogen) atoms. The number of Topliss-reactive ketones (excluding diaryl/α,β-unsaturated/α-hetero) is 1. The summed E-state index contributed by atoms with van der Waals surface area (Å²) in [7, 11) is 0. The number of carbonyl (C=O) groups is 1. The summed E-state index contributed by atoms with van der Waals surface area (Å²) >= 11 is 15.0. The Morgan fingerprint density at radius 1 is 0.870 bits per heavy atom. The Labute approximate surface area is 161 Å². The van der Waals surface area contributed by atoms with E-state index in [9.17, 15) is 4.79 Å². The second kappa shape index (κ2) is 9.22. The van der Waals surface area contributed by atoms with Crippen LogP contribution in [0.4, 0.5) is 0 Å². The summed E-state index contributed by atoms with van der Waals surface area (Å²) < 4.78 is 3.04. The van der Waals surface area contributed by atoms with Crippen LogP contribution in [0, 0.1) is 0 Å². The van der Waals surface area contributed by atoms with Gasteiger partial charge < -0.3 is 0 Å². The molecule has 120 valence electrons. The molecule has 1 nitrogen and oxygen atoms in total. The van der Waals surface area contributed by atoms with Crippen LogP contribution in [0.5, 0.6) is 0 Å². The number of hydrogen-bond acceptors (Lipinski definition) is 3. The van der Waals surface area contributed by atoms with E-state index in [0.717, 1.165) is 13.2 Å². The first-order valence-electron chi connectivity index (χ1n) is 6.61. The van der Waals surface area contributed by atoms with Crippen LogP contribution in [0.15, 0.2) is 57.2 Å². The summed E-state index contributed by atoms with van der Waals surface area (Å²) in [5.41, 5.74) is 0.667. The van der Waals surface area contributed by atoms with Gasteiger partial charge in [-0.25, -0.2) is 0 Å². The Balaban J connectivity index is 2.38. The number of ketones is 1. The van der Waals surface area contributed by atoms with Crippen molar-refractivity contribution >= 4 is 71.9 Å². The Morgan fingerprint density at radius 3 is 1.83 bits per heavy atom. The van der Waals surface area contributed by atoms with E-state index < -0.39 is 0 Å². The third-order valence-corrected chi connectivity index (χ3v) is 8.45. The van der Waals surface area contributed by atoms with Crippen molar-refractivity contribution in [2.75, 3.05) is 12.5 Å².